The van der Waals surface area contributed by atoms with E-state index in [9.17, 15) is 5.11 Å². The van der Waals surface area contributed by atoms with Crippen LogP contribution in [0, 0.1) is 13.8 Å². The van der Waals surface area contributed by atoms with Crippen molar-refractivity contribution in [3.8, 4) is 0 Å². The molecule has 2 atom stereocenters. The molecule has 2 unspecified atom stereocenters. The molecule has 22 heavy (non-hydrogen) atoms. The van der Waals surface area contributed by atoms with E-state index in [0.29, 0.717) is 0 Å². The SMILES string of the molecule is CCCCCCCC(C)([O])C(CCC)c1ccc(C)cc1C. The maximum atomic E-state index is 13.3. The van der Waals surface area contributed by atoms with Gasteiger partial charge in [-0.25, -0.2) is 5.11 Å². The first-order valence-electron chi connectivity index (χ1n) is 9.20. The first-order valence-corrected chi connectivity index (χ1v) is 9.20. The van der Waals surface area contributed by atoms with Gasteiger partial charge in [0.25, 0.3) is 0 Å². The molecule has 1 rings (SSSR count). The Labute approximate surface area is 138 Å². The predicted molar refractivity (Wildman–Crippen MR) is 96.0 cm³/mol. The molecule has 0 amide bonds. The molecule has 1 aromatic carbocycles. The largest absolute Gasteiger partial charge is 0.229 e. The second kappa shape index (κ2) is 9.35. The van der Waals surface area contributed by atoms with Gasteiger partial charge in [-0.2, -0.15) is 0 Å². The number of hydrogen-bond donors (Lipinski definition) is 0. The summed E-state index contributed by atoms with van der Waals surface area (Å²) >= 11 is 0. The van der Waals surface area contributed by atoms with E-state index < -0.39 is 5.60 Å². The monoisotopic (exact) mass is 303 g/mol. The molecule has 0 heterocycles. The zero-order valence-electron chi connectivity index (χ0n) is 15.4. The van der Waals surface area contributed by atoms with E-state index in [0.717, 1.165) is 25.7 Å². The minimum Gasteiger partial charge on any atom is -0.229 e. The summed E-state index contributed by atoms with van der Waals surface area (Å²) in [5.74, 6) is 0.143. The molecule has 0 fully saturated rings. The lowest BCUT2D eigenvalue weighted by Gasteiger charge is -2.32. The number of aryl methyl sites for hydroxylation is 2. The summed E-state index contributed by atoms with van der Waals surface area (Å²) in [6.45, 7) is 10.6. The lowest BCUT2D eigenvalue weighted by Crippen LogP contribution is -2.32. The summed E-state index contributed by atoms with van der Waals surface area (Å²) in [6.07, 6.45) is 8.98. The van der Waals surface area contributed by atoms with Gasteiger partial charge in [0.15, 0.2) is 0 Å². The third kappa shape index (κ3) is 5.76. The molecule has 0 aliphatic rings. The minimum absolute atomic E-state index is 0.143. The fourth-order valence-corrected chi connectivity index (χ4v) is 3.55. The van der Waals surface area contributed by atoms with E-state index >= 15 is 0 Å². The van der Waals surface area contributed by atoms with Crippen LogP contribution in [0.4, 0.5) is 0 Å². The smallest absolute Gasteiger partial charge is 0.108 e. The summed E-state index contributed by atoms with van der Waals surface area (Å²) in [7, 11) is 0. The molecule has 0 N–H and O–H groups in total. The number of hydrogen-bond acceptors (Lipinski definition) is 0. The fraction of sp³-hybridized carbons (Fsp3) is 0.714. The zero-order chi connectivity index (χ0) is 16.6. The summed E-state index contributed by atoms with van der Waals surface area (Å²) in [4.78, 5) is 0. The van der Waals surface area contributed by atoms with Crippen LogP contribution in [0.15, 0.2) is 18.2 Å². The molecule has 0 aliphatic carbocycles. The van der Waals surface area contributed by atoms with Crippen molar-refractivity contribution in [2.45, 2.75) is 97.5 Å². The molecular formula is C21H35O. The van der Waals surface area contributed by atoms with Gasteiger partial charge in [-0.1, -0.05) is 76.1 Å². The van der Waals surface area contributed by atoms with Crippen molar-refractivity contribution in [3.05, 3.63) is 34.9 Å². The van der Waals surface area contributed by atoms with Gasteiger partial charge in [-0.15, -0.1) is 0 Å². The highest BCUT2D eigenvalue weighted by molar-refractivity contribution is 5.34. The van der Waals surface area contributed by atoms with Crippen molar-refractivity contribution in [3.63, 3.8) is 0 Å². The Kier molecular flexibility index (Phi) is 8.17. The van der Waals surface area contributed by atoms with Crippen molar-refractivity contribution < 1.29 is 5.11 Å². The van der Waals surface area contributed by atoms with Crippen molar-refractivity contribution >= 4 is 0 Å². The lowest BCUT2D eigenvalue weighted by atomic mass is 9.76. The fourth-order valence-electron chi connectivity index (χ4n) is 3.55. The van der Waals surface area contributed by atoms with Crippen LogP contribution in [0.2, 0.25) is 0 Å². The average Bonchev–Trinajstić information content (AvgIpc) is 2.45. The lowest BCUT2D eigenvalue weighted by molar-refractivity contribution is -0.0480. The quantitative estimate of drug-likeness (QED) is 0.427. The molecule has 125 valence electrons. The van der Waals surface area contributed by atoms with Crippen molar-refractivity contribution in [2.24, 2.45) is 0 Å². The van der Waals surface area contributed by atoms with Gasteiger partial charge < -0.3 is 0 Å². The maximum Gasteiger partial charge on any atom is 0.108 e. The number of benzene rings is 1. The van der Waals surface area contributed by atoms with Gasteiger partial charge in [-0.05, 0) is 44.7 Å². The Balaban J connectivity index is 2.79. The second-order valence-electron chi connectivity index (χ2n) is 7.18. The molecule has 0 aliphatic heterocycles. The molecule has 1 aromatic rings. The van der Waals surface area contributed by atoms with Crippen LogP contribution in [-0.2, 0) is 5.11 Å². The Morgan fingerprint density at radius 2 is 1.68 bits per heavy atom. The van der Waals surface area contributed by atoms with Crippen LogP contribution >= 0.6 is 0 Å². The van der Waals surface area contributed by atoms with Crippen LogP contribution in [0.5, 0.6) is 0 Å². The highest BCUT2D eigenvalue weighted by Gasteiger charge is 2.34. The molecule has 0 aromatic heterocycles. The molecule has 0 bridgehead atoms. The standard InChI is InChI=1S/C21H35O/c1-6-8-9-10-11-15-21(5,22)20(12-7-2)19-14-13-17(3)16-18(19)4/h13-14,16,20H,6-12,15H2,1-5H3. The third-order valence-electron chi connectivity index (χ3n) is 4.89. The minimum atomic E-state index is -0.845. The Morgan fingerprint density at radius 3 is 2.27 bits per heavy atom. The van der Waals surface area contributed by atoms with Gasteiger partial charge in [0.1, 0.15) is 5.60 Å². The van der Waals surface area contributed by atoms with Gasteiger partial charge >= 0.3 is 0 Å². The summed E-state index contributed by atoms with van der Waals surface area (Å²) in [5.41, 5.74) is 3.00. The Hall–Kier alpha value is -0.820. The molecule has 1 heteroatoms. The van der Waals surface area contributed by atoms with E-state index in [-0.39, 0.29) is 5.92 Å². The van der Waals surface area contributed by atoms with Crippen LogP contribution in [0.25, 0.3) is 0 Å². The first kappa shape index (κ1) is 19.2. The molecule has 1 radical (unpaired) electrons. The number of rotatable bonds is 10. The normalized spacial score (nSPS) is 15.5. The van der Waals surface area contributed by atoms with Crippen LogP contribution in [0.1, 0.15) is 94.7 Å². The average molecular weight is 304 g/mol. The summed E-state index contributed by atoms with van der Waals surface area (Å²) < 4.78 is 0. The maximum absolute atomic E-state index is 13.3. The highest BCUT2D eigenvalue weighted by atomic mass is 16.3. The van der Waals surface area contributed by atoms with Gasteiger partial charge in [0.2, 0.25) is 0 Å². The highest BCUT2D eigenvalue weighted by Crippen LogP contribution is 2.38. The topological polar surface area (TPSA) is 19.9 Å². The molecule has 0 spiro atoms. The number of unbranched alkanes of at least 4 members (excludes halogenated alkanes) is 4. The molecule has 0 saturated carbocycles. The zero-order valence-corrected chi connectivity index (χ0v) is 15.4. The van der Waals surface area contributed by atoms with Crippen LogP contribution in [-0.4, -0.2) is 5.60 Å². The molecule has 0 saturated heterocycles. The van der Waals surface area contributed by atoms with E-state index in [2.05, 4.69) is 45.9 Å². The third-order valence-corrected chi connectivity index (χ3v) is 4.89. The van der Waals surface area contributed by atoms with Gasteiger partial charge in [-0.3, -0.25) is 0 Å². The van der Waals surface area contributed by atoms with Crippen LogP contribution < -0.4 is 0 Å². The first-order chi connectivity index (χ1) is 10.4. The van der Waals surface area contributed by atoms with Crippen molar-refractivity contribution in [1.82, 2.24) is 0 Å². The van der Waals surface area contributed by atoms with E-state index in [1.54, 1.807) is 0 Å². The Morgan fingerprint density at radius 1 is 1.00 bits per heavy atom. The summed E-state index contributed by atoms with van der Waals surface area (Å²) in [6, 6.07) is 6.57. The van der Waals surface area contributed by atoms with Gasteiger partial charge in [0, 0.05) is 5.92 Å². The summed E-state index contributed by atoms with van der Waals surface area (Å²) in [5, 5.41) is 13.3. The van der Waals surface area contributed by atoms with E-state index in [1.807, 2.05) is 6.92 Å². The van der Waals surface area contributed by atoms with Crippen molar-refractivity contribution in [1.29, 1.82) is 0 Å². The van der Waals surface area contributed by atoms with Gasteiger partial charge in [0.05, 0.1) is 0 Å². The van der Waals surface area contributed by atoms with Crippen LogP contribution in [0.3, 0.4) is 0 Å². The molecule has 1 nitrogen and oxygen atoms in total. The van der Waals surface area contributed by atoms with Crippen molar-refractivity contribution in [2.75, 3.05) is 0 Å². The predicted octanol–water partition coefficient (Wildman–Crippen LogP) is 6.74. The Bertz CT molecular complexity index is 434. The van der Waals surface area contributed by atoms with E-state index in [1.165, 1.54) is 42.4 Å². The van der Waals surface area contributed by atoms with E-state index in [4.69, 9.17) is 0 Å². The second-order valence-corrected chi connectivity index (χ2v) is 7.18. The molecular weight excluding hydrogens is 268 g/mol.